The predicted octanol–water partition coefficient (Wildman–Crippen LogP) is 1.26. The normalized spacial score (nSPS) is 9.89. The predicted molar refractivity (Wildman–Crippen MR) is 63.9 cm³/mol. The van der Waals surface area contributed by atoms with Gasteiger partial charge >= 0.3 is 18.0 Å². The lowest BCUT2D eigenvalue weighted by Gasteiger charge is -2.07. The van der Waals surface area contributed by atoms with E-state index >= 15 is 0 Å². The molecule has 2 rings (SSSR count). The zero-order valence-electron chi connectivity index (χ0n) is 9.95. The Morgan fingerprint density at radius 2 is 1.44 bits per heavy atom. The Hall–Kier alpha value is -2.57. The van der Waals surface area contributed by atoms with E-state index < -0.39 is 0 Å². The lowest BCUT2D eigenvalue weighted by Crippen LogP contribution is -2.02. The molecule has 0 radical (unpaired) electrons. The molecule has 0 spiro atoms. The zero-order chi connectivity index (χ0) is 13.0. The van der Waals surface area contributed by atoms with Gasteiger partial charge in [0.05, 0.1) is 19.9 Å². The van der Waals surface area contributed by atoms with Gasteiger partial charge in [-0.05, 0) is 12.1 Å². The summed E-state index contributed by atoms with van der Waals surface area (Å²) in [5.74, 6) is 0.452. The highest BCUT2D eigenvalue weighted by Gasteiger charge is 2.10. The van der Waals surface area contributed by atoms with Crippen LogP contribution in [0.3, 0.4) is 0 Å². The number of anilines is 1. The highest BCUT2D eigenvalue weighted by molar-refractivity contribution is 5.52. The first-order valence-corrected chi connectivity index (χ1v) is 5.09. The van der Waals surface area contributed by atoms with Crippen molar-refractivity contribution in [3.63, 3.8) is 0 Å². The van der Waals surface area contributed by atoms with Gasteiger partial charge in [-0.3, -0.25) is 0 Å². The standard InChI is InChI=1S/C11H12N4O3/c1-16-9-13-10(17-2)15-11(14-9)18-8-6-4-3-5-7(8)12/h3-6H,12H2,1-2H3. The molecule has 0 atom stereocenters. The number of hydrogen-bond acceptors (Lipinski definition) is 7. The zero-order valence-corrected chi connectivity index (χ0v) is 9.95. The summed E-state index contributed by atoms with van der Waals surface area (Å²) in [7, 11) is 2.88. The Balaban J connectivity index is 2.31. The quantitative estimate of drug-likeness (QED) is 0.814. The van der Waals surface area contributed by atoms with Gasteiger partial charge in [-0.15, -0.1) is 15.0 Å². The minimum atomic E-state index is 0.0524. The van der Waals surface area contributed by atoms with Crippen LogP contribution in [0.5, 0.6) is 23.8 Å². The van der Waals surface area contributed by atoms with E-state index in [1.54, 1.807) is 24.3 Å². The van der Waals surface area contributed by atoms with Crippen molar-refractivity contribution < 1.29 is 14.2 Å². The van der Waals surface area contributed by atoms with E-state index in [-0.39, 0.29) is 18.0 Å². The second-order valence-electron chi connectivity index (χ2n) is 3.23. The van der Waals surface area contributed by atoms with E-state index in [9.17, 15) is 0 Å². The van der Waals surface area contributed by atoms with Crippen LogP contribution in [-0.4, -0.2) is 29.2 Å². The van der Waals surface area contributed by atoms with Crippen molar-refractivity contribution in [2.24, 2.45) is 0 Å². The Kier molecular flexibility index (Phi) is 3.42. The van der Waals surface area contributed by atoms with Crippen LogP contribution in [0, 0.1) is 0 Å². The van der Waals surface area contributed by atoms with E-state index in [0.29, 0.717) is 11.4 Å². The van der Waals surface area contributed by atoms with Crippen LogP contribution in [-0.2, 0) is 0 Å². The van der Waals surface area contributed by atoms with Crippen molar-refractivity contribution in [2.75, 3.05) is 20.0 Å². The van der Waals surface area contributed by atoms with Gasteiger partial charge in [0.2, 0.25) is 0 Å². The summed E-state index contributed by atoms with van der Waals surface area (Å²) < 4.78 is 15.3. The van der Waals surface area contributed by atoms with Crippen LogP contribution in [0.1, 0.15) is 0 Å². The second-order valence-corrected chi connectivity index (χ2v) is 3.23. The number of nitrogen functional groups attached to an aromatic ring is 1. The second kappa shape index (κ2) is 5.17. The van der Waals surface area contributed by atoms with Crippen molar-refractivity contribution in [3.05, 3.63) is 24.3 Å². The third-order valence-corrected chi connectivity index (χ3v) is 2.06. The maximum Gasteiger partial charge on any atom is 0.331 e. The monoisotopic (exact) mass is 248 g/mol. The van der Waals surface area contributed by atoms with Crippen LogP contribution < -0.4 is 19.9 Å². The Morgan fingerprint density at radius 1 is 0.889 bits per heavy atom. The number of nitrogens with zero attached hydrogens (tertiary/aromatic N) is 3. The van der Waals surface area contributed by atoms with E-state index in [4.69, 9.17) is 19.9 Å². The van der Waals surface area contributed by atoms with Crippen LogP contribution in [0.15, 0.2) is 24.3 Å². The third-order valence-electron chi connectivity index (χ3n) is 2.06. The number of ether oxygens (including phenoxy) is 3. The molecule has 0 fully saturated rings. The Labute approximate surface area is 104 Å². The molecule has 7 nitrogen and oxygen atoms in total. The first-order valence-electron chi connectivity index (χ1n) is 5.09. The number of methoxy groups -OCH3 is 2. The molecule has 0 amide bonds. The van der Waals surface area contributed by atoms with Gasteiger partial charge in [-0.2, -0.15) is 0 Å². The summed E-state index contributed by atoms with van der Waals surface area (Å²) in [6, 6.07) is 7.27. The molecule has 1 aromatic heterocycles. The van der Waals surface area contributed by atoms with Gasteiger partial charge < -0.3 is 19.9 Å². The van der Waals surface area contributed by atoms with Gasteiger partial charge in [0, 0.05) is 0 Å². The van der Waals surface area contributed by atoms with Crippen molar-refractivity contribution in [2.45, 2.75) is 0 Å². The molecule has 1 heterocycles. The van der Waals surface area contributed by atoms with Crippen molar-refractivity contribution in [3.8, 4) is 23.8 Å². The van der Waals surface area contributed by atoms with Crippen LogP contribution >= 0.6 is 0 Å². The summed E-state index contributed by atoms with van der Waals surface area (Å²) >= 11 is 0. The lowest BCUT2D eigenvalue weighted by atomic mass is 10.3. The molecule has 0 aliphatic rings. The third kappa shape index (κ3) is 2.57. The maximum absolute atomic E-state index is 5.75. The summed E-state index contributed by atoms with van der Waals surface area (Å²) in [6.07, 6.45) is 0. The molecule has 94 valence electrons. The number of rotatable bonds is 4. The minimum absolute atomic E-state index is 0.0524. The van der Waals surface area contributed by atoms with E-state index in [2.05, 4.69) is 15.0 Å². The molecule has 2 aromatic rings. The average Bonchev–Trinajstić information content (AvgIpc) is 2.41. The van der Waals surface area contributed by atoms with E-state index in [1.807, 2.05) is 0 Å². The molecule has 18 heavy (non-hydrogen) atoms. The fourth-order valence-corrected chi connectivity index (χ4v) is 1.22. The Bertz CT molecular complexity index is 525. The van der Waals surface area contributed by atoms with Gasteiger partial charge in [-0.25, -0.2) is 0 Å². The molecule has 7 heteroatoms. The van der Waals surface area contributed by atoms with Crippen molar-refractivity contribution in [1.29, 1.82) is 0 Å². The maximum atomic E-state index is 5.75. The van der Waals surface area contributed by atoms with Gasteiger partial charge in [0.1, 0.15) is 0 Å². The first kappa shape index (κ1) is 11.9. The van der Waals surface area contributed by atoms with Gasteiger partial charge in [-0.1, -0.05) is 12.1 Å². The number of benzene rings is 1. The molecule has 2 N–H and O–H groups in total. The van der Waals surface area contributed by atoms with Crippen LogP contribution in [0.25, 0.3) is 0 Å². The van der Waals surface area contributed by atoms with E-state index in [1.165, 1.54) is 14.2 Å². The first-order chi connectivity index (χ1) is 8.72. The number of aromatic nitrogens is 3. The fourth-order valence-electron chi connectivity index (χ4n) is 1.22. The summed E-state index contributed by atoms with van der Waals surface area (Å²) in [6.45, 7) is 0. The van der Waals surface area contributed by atoms with Crippen LogP contribution in [0.2, 0.25) is 0 Å². The molecule has 0 saturated heterocycles. The van der Waals surface area contributed by atoms with E-state index in [0.717, 1.165) is 0 Å². The summed E-state index contributed by atoms with van der Waals surface area (Å²) in [5.41, 5.74) is 6.23. The topological polar surface area (TPSA) is 92.4 Å². The highest BCUT2D eigenvalue weighted by Crippen LogP contribution is 2.26. The molecule has 0 aliphatic heterocycles. The minimum Gasteiger partial charge on any atom is -0.467 e. The van der Waals surface area contributed by atoms with Gasteiger partial charge in [0.25, 0.3) is 0 Å². The molecule has 1 aromatic carbocycles. The van der Waals surface area contributed by atoms with Crippen molar-refractivity contribution >= 4 is 5.69 Å². The van der Waals surface area contributed by atoms with Crippen molar-refractivity contribution in [1.82, 2.24) is 15.0 Å². The Morgan fingerprint density at radius 3 is 2.00 bits per heavy atom. The number of hydrogen-bond donors (Lipinski definition) is 1. The molecule has 0 aliphatic carbocycles. The van der Waals surface area contributed by atoms with Crippen LogP contribution in [0.4, 0.5) is 5.69 Å². The molecule has 0 saturated carbocycles. The summed E-state index contributed by atoms with van der Waals surface area (Å²) in [4.78, 5) is 11.7. The molecular weight excluding hydrogens is 236 g/mol. The van der Waals surface area contributed by atoms with Gasteiger partial charge in [0.15, 0.2) is 5.75 Å². The molecular formula is C11H12N4O3. The highest BCUT2D eigenvalue weighted by atomic mass is 16.5. The lowest BCUT2D eigenvalue weighted by molar-refractivity contribution is 0.320. The SMILES string of the molecule is COc1nc(OC)nc(Oc2ccccc2N)n1. The number of nitrogens with two attached hydrogens (primary N) is 1. The summed E-state index contributed by atoms with van der Waals surface area (Å²) in [5, 5.41) is 0. The largest absolute Gasteiger partial charge is 0.467 e. The smallest absolute Gasteiger partial charge is 0.331 e. The number of para-hydroxylation sites is 2. The fraction of sp³-hybridized carbons (Fsp3) is 0.182. The molecule has 0 bridgehead atoms. The average molecular weight is 248 g/mol. The molecule has 0 unspecified atom stereocenters.